The first-order valence-corrected chi connectivity index (χ1v) is 8.27. The second-order valence-electron chi connectivity index (χ2n) is 6.33. The van der Waals surface area contributed by atoms with Gasteiger partial charge >= 0.3 is 0 Å². The minimum absolute atomic E-state index is 0.517. The van der Waals surface area contributed by atoms with E-state index in [9.17, 15) is 0 Å². The zero-order valence-corrected chi connectivity index (χ0v) is 13.5. The van der Waals surface area contributed by atoms with Gasteiger partial charge in [-0.1, -0.05) is 6.42 Å². The van der Waals surface area contributed by atoms with Crippen LogP contribution in [0.3, 0.4) is 0 Å². The Morgan fingerprint density at radius 3 is 2.95 bits per heavy atom. The monoisotopic (exact) mass is 289 g/mol. The van der Waals surface area contributed by atoms with E-state index in [-0.39, 0.29) is 0 Å². The van der Waals surface area contributed by atoms with Crippen LogP contribution in [-0.2, 0) is 0 Å². The smallest absolute Gasteiger partial charge is 0.134 e. The number of piperidine rings is 1. The lowest BCUT2D eigenvalue weighted by Crippen LogP contribution is -2.59. The standard InChI is InChI=1S/C16H27N5/c1-4-17-15-9-16(19-13(3)18-15)21-11-14-7-5-6-8-20(14)10-12(21)2/h9,12,14H,4-8,10-11H2,1-3H3,(H,17,18,19). The average Bonchev–Trinajstić information content (AvgIpc) is 2.46. The molecule has 0 radical (unpaired) electrons. The third kappa shape index (κ3) is 3.12. The maximum Gasteiger partial charge on any atom is 0.134 e. The Morgan fingerprint density at radius 1 is 1.29 bits per heavy atom. The number of nitrogens with one attached hydrogen (secondary N) is 1. The third-order valence-electron chi connectivity index (χ3n) is 4.66. The fraction of sp³-hybridized carbons (Fsp3) is 0.750. The van der Waals surface area contributed by atoms with Gasteiger partial charge in [-0.2, -0.15) is 0 Å². The number of anilines is 2. The average molecular weight is 289 g/mol. The fourth-order valence-corrected chi connectivity index (χ4v) is 3.64. The molecule has 1 N–H and O–H groups in total. The predicted molar refractivity (Wildman–Crippen MR) is 87.0 cm³/mol. The van der Waals surface area contributed by atoms with Crippen LogP contribution in [0.5, 0.6) is 0 Å². The predicted octanol–water partition coefficient (Wildman–Crippen LogP) is 2.28. The summed E-state index contributed by atoms with van der Waals surface area (Å²) in [7, 11) is 0. The molecule has 0 aromatic carbocycles. The van der Waals surface area contributed by atoms with Gasteiger partial charge in [0.1, 0.15) is 17.5 Å². The van der Waals surface area contributed by atoms with E-state index in [1.165, 1.54) is 25.8 Å². The molecule has 116 valence electrons. The summed E-state index contributed by atoms with van der Waals surface area (Å²) in [6, 6.07) is 3.32. The lowest BCUT2D eigenvalue weighted by Gasteiger charge is -2.48. The number of piperazine rings is 1. The van der Waals surface area contributed by atoms with Crippen LogP contribution in [0.1, 0.15) is 38.9 Å². The molecule has 3 rings (SSSR count). The second-order valence-corrected chi connectivity index (χ2v) is 6.33. The number of aryl methyl sites for hydroxylation is 1. The number of hydrogen-bond donors (Lipinski definition) is 1. The summed E-state index contributed by atoms with van der Waals surface area (Å²) in [5.41, 5.74) is 0. The molecule has 0 amide bonds. The molecule has 2 fully saturated rings. The summed E-state index contributed by atoms with van der Waals surface area (Å²) >= 11 is 0. The highest BCUT2D eigenvalue weighted by atomic mass is 15.3. The lowest BCUT2D eigenvalue weighted by atomic mass is 9.97. The molecule has 0 spiro atoms. The second kappa shape index (κ2) is 6.18. The van der Waals surface area contributed by atoms with Gasteiger partial charge in [-0.25, -0.2) is 9.97 Å². The van der Waals surface area contributed by atoms with Gasteiger partial charge in [0.2, 0.25) is 0 Å². The topological polar surface area (TPSA) is 44.3 Å². The lowest BCUT2D eigenvalue weighted by molar-refractivity contribution is 0.115. The molecule has 2 aliphatic rings. The van der Waals surface area contributed by atoms with Crippen LogP contribution in [-0.4, -0.2) is 53.1 Å². The van der Waals surface area contributed by atoms with Gasteiger partial charge in [0, 0.05) is 37.8 Å². The van der Waals surface area contributed by atoms with Gasteiger partial charge in [0.05, 0.1) is 0 Å². The molecule has 1 aromatic rings. The van der Waals surface area contributed by atoms with E-state index < -0.39 is 0 Å². The number of nitrogens with zero attached hydrogens (tertiary/aromatic N) is 4. The van der Waals surface area contributed by atoms with E-state index in [0.29, 0.717) is 12.1 Å². The highest BCUT2D eigenvalue weighted by Crippen LogP contribution is 2.28. The van der Waals surface area contributed by atoms with Crippen molar-refractivity contribution in [3.8, 4) is 0 Å². The Kier molecular flexibility index (Phi) is 4.29. The number of hydrogen-bond acceptors (Lipinski definition) is 5. The zero-order chi connectivity index (χ0) is 14.8. The van der Waals surface area contributed by atoms with Crippen molar-refractivity contribution in [1.82, 2.24) is 14.9 Å². The molecule has 2 unspecified atom stereocenters. The fourth-order valence-electron chi connectivity index (χ4n) is 3.64. The summed E-state index contributed by atoms with van der Waals surface area (Å²) in [5.74, 6) is 2.87. The number of rotatable bonds is 3. The van der Waals surface area contributed by atoms with Crippen molar-refractivity contribution in [1.29, 1.82) is 0 Å². The first kappa shape index (κ1) is 14.6. The van der Waals surface area contributed by atoms with E-state index in [1.807, 2.05) is 6.92 Å². The van der Waals surface area contributed by atoms with Crippen LogP contribution in [0.2, 0.25) is 0 Å². The minimum atomic E-state index is 0.517. The van der Waals surface area contributed by atoms with Gasteiger partial charge in [0.25, 0.3) is 0 Å². The Labute approximate surface area is 127 Å². The van der Waals surface area contributed by atoms with Crippen molar-refractivity contribution in [2.24, 2.45) is 0 Å². The molecule has 21 heavy (non-hydrogen) atoms. The van der Waals surface area contributed by atoms with E-state index in [0.717, 1.165) is 37.1 Å². The molecule has 0 saturated carbocycles. The molecule has 2 saturated heterocycles. The van der Waals surface area contributed by atoms with E-state index in [1.54, 1.807) is 0 Å². The van der Waals surface area contributed by atoms with Crippen LogP contribution < -0.4 is 10.2 Å². The maximum atomic E-state index is 4.68. The van der Waals surface area contributed by atoms with Crippen molar-refractivity contribution in [3.63, 3.8) is 0 Å². The van der Waals surface area contributed by atoms with Crippen molar-refractivity contribution >= 4 is 11.6 Å². The molecule has 5 nitrogen and oxygen atoms in total. The van der Waals surface area contributed by atoms with Gasteiger partial charge in [0.15, 0.2) is 0 Å². The first-order valence-electron chi connectivity index (χ1n) is 8.27. The summed E-state index contributed by atoms with van der Waals surface area (Å²) in [4.78, 5) is 14.3. The molecule has 5 heteroatoms. The molecule has 0 aliphatic carbocycles. The summed E-state index contributed by atoms with van der Waals surface area (Å²) < 4.78 is 0. The Balaban J connectivity index is 1.82. The molecule has 0 bridgehead atoms. The van der Waals surface area contributed by atoms with E-state index in [2.05, 4.69) is 45.0 Å². The summed E-state index contributed by atoms with van der Waals surface area (Å²) in [5, 5.41) is 3.31. The Morgan fingerprint density at radius 2 is 2.14 bits per heavy atom. The summed E-state index contributed by atoms with van der Waals surface area (Å²) in [6.07, 6.45) is 4.06. The third-order valence-corrected chi connectivity index (χ3v) is 4.66. The largest absolute Gasteiger partial charge is 0.370 e. The molecule has 2 aliphatic heterocycles. The van der Waals surface area contributed by atoms with E-state index >= 15 is 0 Å². The van der Waals surface area contributed by atoms with Gasteiger partial charge in [-0.05, 0) is 40.2 Å². The number of fused-ring (bicyclic) bond motifs is 1. The van der Waals surface area contributed by atoms with Crippen molar-refractivity contribution in [3.05, 3.63) is 11.9 Å². The van der Waals surface area contributed by atoms with Crippen molar-refractivity contribution in [2.75, 3.05) is 36.4 Å². The highest BCUT2D eigenvalue weighted by Gasteiger charge is 2.33. The minimum Gasteiger partial charge on any atom is -0.370 e. The van der Waals surface area contributed by atoms with Crippen LogP contribution in [0.4, 0.5) is 11.6 Å². The van der Waals surface area contributed by atoms with Crippen LogP contribution in [0, 0.1) is 6.92 Å². The van der Waals surface area contributed by atoms with Gasteiger partial charge < -0.3 is 10.2 Å². The molecular formula is C16H27N5. The zero-order valence-electron chi connectivity index (χ0n) is 13.5. The van der Waals surface area contributed by atoms with E-state index in [4.69, 9.17) is 0 Å². The van der Waals surface area contributed by atoms with Gasteiger partial charge in [-0.15, -0.1) is 0 Å². The molecule has 1 aromatic heterocycles. The molecular weight excluding hydrogens is 262 g/mol. The normalized spacial score (nSPS) is 26.5. The quantitative estimate of drug-likeness (QED) is 0.925. The molecule has 3 heterocycles. The van der Waals surface area contributed by atoms with Crippen molar-refractivity contribution < 1.29 is 0 Å². The van der Waals surface area contributed by atoms with Crippen LogP contribution in [0.15, 0.2) is 6.07 Å². The van der Waals surface area contributed by atoms with Crippen LogP contribution >= 0.6 is 0 Å². The van der Waals surface area contributed by atoms with Crippen LogP contribution in [0.25, 0.3) is 0 Å². The Hall–Kier alpha value is -1.36. The van der Waals surface area contributed by atoms with Crippen molar-refractivity contribution in [2.45, 2.75) is 52.1 Å². The van der Waals surface area contributed by atoms with Gasteiger partial charge in [-0.3, -0.25) is 4.90 Å². The SMILES string of the molecule is CCNc1cc(N2CC3CCCCN3CC2C)nc(C)n1. The highest BCUT2D eigenvalue weighted by molar-refractivity contribution is 5.50. The maximum absolute atomic E-state index is 4.68. The first-order chi connectivity index (χ1) is 10.2. The number of aromatic nitrogens is 2. The molecule has 2 atom stereocenters. The Bertz CT molecular complexity index is 490. The summed E-state index contributed by atoms with van der Waals surface area (Å²) in [6.45, 7) is 10.8.